The third kappa shape index (κ3) is 6.92. The molecule has 1 aromatic heterocycles. The van der Waals surface area contributed by atoms with Crippen LogP contribution in [0.1, 0.15) is 33.7 Å². The number of anilines is 1. The molecule has 4 aromatic rings. The lowest BCUT2D eigenvalue weighted by atomic mass is 10.1. The molecule has 0 spiro atoms. The van der Waals surface area contributed by atoms with Crippen LogP contribution in [0.25, 0.3) is 0 Å². The van der Waals surface area contributed by atoms with Gasteiger partial charge in [0, 0.05) is 19.1 Å². The topological polar surface area (TPSA) is 126 Å². The van der Waals surface area contributed by atoms with Crippen molar-refractivity contribution >= 4 is 48.5 Å². The molecule has 1 saturated heterocycles. The zero-order valence-electron chi connectivity index (χ0n) is 21.6. The summed E-state index contributed by atoms with van der Waals surface area (Å²) in [5.41, 5.74) is 0.350. The molecule has 1 aliphatic heterocycles. The van der Waals surface area contributed by atoms with Gasteiger partial charge in [0.25, 0.3) is 11.8 Å². The lowest BCUT2D eigenvalue weighted by Gasteiger charge is -2.35. The number of rotatable bonds is 9. The molecule has 13 heteroatoms. The molecule has 0 bridgehead atoms. The van der Waals surface area contributed by atoms with Crippen molar-refractivity contribution in [3.63, 3.8) is 0 Å². The fraction of sp³-hybridized carbons (Fsp3) is 0.179. The van der Waals surface area contributed by atoms with Crippen LogP contribution in [0.5, 0.6) is 11.5 Å². The lowest BCUT2D eigenvalue weighted by Crippen LogP contribution is -2.44. The summed E-state index contributed by atoms with van der Waals surface area (Å²) in [6, 6.07) is 22.2. The van der Waals surface area contributed by atoms with E-state index in [2.05, 4.69) is 20.8 Å². The van der Waals surface area contributed by atoms with Crippen molar-refractivity contribution in [3.05, 3.63) is 106 Å². The van der Waals surface area contributed by atoms with E-state index < -0.39 is 19.6 Å². The van der Waals surface area contributed by atoms with E-state index in [4.69, 9.17) is 32.2 Å². The fourth-order valence-corrected chi connectivity index (χ4v) is 6.66. The Bertz CT molecular complexity index is 1500. The van der Waals surface area contributed by atoms with Crippen LogP contribution in [0.15, 0.2) is 85.1 Å². The largest absolute Gasteiger partial charge is 0.515 e. The Hall–Kier alpha value is -3.82. The van der Waals surface area contributed by atoms with E-state index in [0.717, 1.165) is 0 Å². The Labute approximate surface area is 246 Å². The van der Waals surface area contributed by atoms with E-state index in [0.29, 0.717) is 37.4 Å². The highest BCUT2D eigenvalue weighted by molar-refractivity contribution is 7.52. The van der Waals surface area contributed by atoms with E-state index in [9.17, 15) is 14.2 Å². The van der Waals surface area contributed by atoms with Crippen molar-refractivity contribution in [1.29, 1.82) is 0 Å². The van der Waals surface area contributed by atoms with Gasteiger partial charge in [-0.05, 0) is 49.2 Å². The molecular weight excluding hydrogens is 588 g/mol. The normalized spacial score (nSPS) is 14.3. The molecule has 0 atom stereocenters. The Morgan fingerprint density at radius 2 is 1.41 bits per heavy atom. The summed E-state index contributed by atoms with van der Waals surface area (Å²) in [6.07, 6.45) is 2.30. The predicted molar refractivity (Wildman–Crippen MR) is 157 cm³/mol. The molecule has 0 unspecified atom stereocenters. The first-order chi connectivity index (χ1) is 19.8. The first kappa shape index (κ1) is 28.7. The molecule has 10 nitrogen and oxygen atoms in total. The van der Waals surface area contributed by atoms with Crippen molar-refractivity contribution in [2.24, 2.45) is 0 Å². The second kappa shape index (κ2) is 12.8. The maximum atomic E-state index is 14.1. The summed E-state index contributed by atoms with van der Waals surface area (Å²) >= 11 is 12.3. The molecular formula is C28H26Cl2N5O5P. The van der Waals surface area contributed by atoms with E-state index >= 15 is 0 Å². The third-order valence-electron chi connectivity index (χ3n) is 6.39. The number of nitrogens with zero attached hydrogens (tertiary/aromatic N) is 2. The van der Waals surface area contributed by atoms with Crippen molar-refractivity contribution in [1.82, 2.24) is 20.2 Å². The molecule has 1 fully saturated rings. The first-order valence-electron chi connectivity index (χ1n) is 12.8. The van der Waals surface area contributed by atoms with E-state index in [-0.39, 0.29) is 33.0 Å². The second-order valence-electron chi connectivity index (χ2n) is 9.19. The van der Waals surface area contributed by atoms with Gasteiger partial charge in [-0.3, -0.25) is 14.7 Å². The molecule has 3 N–H and O–H groups in total. The van der Waals surface area contributed by atoms with Crippen molar-refractivity contribution in [2.75, 3.05) is 18.4 Å². The number of H-pyrrole nitrogens is 1. The van der Waals surface area contributed by atoms with Crippen LogP contribution in [0, 0.1) is 0 Å². The molecule has 0 radical (unpaired) electrons. The number of aromatic amines is 1. The highest BCUT2D eigenvalue weighted by atomic mass is 35.5. The van der Waals surface area contributed by atoms with Crippen LogP contribution in [0.3, 0.4) is 0 Å². The van der Waals surface area contributed by atoms with Crippen LogP contribution >= 0.6 is 30.9 Å². The lowest BCUT2D eigenvalue weighted by molar-refractivity contribution is 0.0917. The maximum absolute atomic E-state index is 14.1. The standard InChI is InChI=1S/C28H26Cl2N5O5P/c29-22-12-7-13-23(30)25(22)27(36)33-24-18-31-34-26(24)28(37)32-19-14-16-35(17-15-19)41(38,39-20-8-3-1-4-9-20)40-21-10-5-2-6-11-21/h1-13,18-19H,14-17H2,(H,31,34)(H,32,37)(H,33,36). The summed E-state index contributed by atoms with van der Waals surface area (Å²) < 4.78 is 27.6. The molecule has 3 aromatic carbocycles. The Kier molecular flexibility index (Phi) is 8.95. The monoisotopic (exact) mass is 613 g/mol. The minimum atomic E-state index is -3.77. The number of amides is 2. The zero-order valence-corrected chi connectivity index (χ0v) is 24.0. The van der Waals surface area contributed by atoms with Crippen LogP contribution in [-0.2, 0) is 4.57 Å². The highest BCUT2D eigenvalue weighted by Crippen LogP contribution is 2.52. The van der Waals surface area contributed by atoms with Gasteiger partial charge in [0.05, 0.1) is 27.5 Å². The van der Waals surface area contributed by atoms with Crippen LogP contribution in [0.4, 0.5) is 5.69 Å². The smallest absolute Gasteiger partial charge is 0.404 e. The number of piperidine rings is 1. The summed E-state index contributed by atoms with van der Waals surface area (Å²) in [4.78, 5) is 25.9. The molecule has 212 valence electrons. The molecule has 2 heterocycles. The van der Waals surface area contributed by atoms with Crippen molar-refractivity contribution in [3.8, 4) is 11.5 Å². The average molecular weight is 614 g/mol. The van der Waals surface area contributed by atoms with Gasteiger partial charge in [-0.2, -0.15) is 9.77 Å². The Morgan fingerprint density at radius 3 is 1.98 bits per heavy atom. The maximum Gasteiger partial charge on any atom is 0.515 e. The number of benzene rings is 3. The predicted octanol–water partition coefficient (Wildman–Crippen LogP) is 6.43. The van der Waals surface area contributed by atoms with Crippen LogP contribution in [0.2, 0.25) is 10.0 Å². The number of hydrogen-bond acceptors (Lipinski definition) is 6. The SMILES string of the molecule is O=C(NC1CCN(P(=O)(Oc2ccccc2)Oc2ccccc2)CC1)c1[nH]ncc1NC(=O)c1c(Cl)cccc1Cl. The Morgan fingerprint density at radius 1 is 0.854 bits per heavy atom. The van der Waals surface area contributed by atoms with E-state index in [1.165, 1.54) is 6.20 Å². The van der Waals surface area contributed by atoms with Gasteiger partial charge >= 0.3 is 7.75 Å². The summed E-state index contributed by atoms with van der Waals surface area (Å²) in [6.45, 7) is 0.693. The minimum absolute atomic E-state index is 0.0782. The van der Waals surface area contributed by atoms with Gasteiger partial charge < -0.3 is 19.7 Å². The van der Waals surface area contributed by atoms with Crippen LogP contribution in [-0.4, -0.2) is 45.8 Å². The number of para-hydroxylation sites is 2. The average Bonchev–Trinajstić information content (AvgIpc) is 3.42. The molecule has 2 amide bonds. The van der Waals surface area contributed by atoms with Gasteiger partial charge in [-0.25, -0.2) is 4.57 Å². The van der Waals surface area contributed by atoms with Crippen molar-refractivity contribution < 1.29 is 23.2 Å². The number of aromatic nitrogens is 2. The first-order valence-corrected chi connectivity index (χ1v) is 15.0. The molecule has 41 heavy (non-hydrogen) atoms. The second-order valence-corrected chi connectivity index (χ2v) is 11.9. The minimum Gasteiger partial charge on any atom is -0.404 e. The van der Waals surface area contributed by atoms with Gasteiger partial charge in [0.1, 0.15) is 17.2 Å². The zero-order chi connectivity index (χ0) is 28.8. The molecule has 0 saturated carbocycles. The third-order valence-corrected chi connectivity index (χ3v) is 8.99. The van der Waals surface area contributed by atoms with Gasteiger partial charge in [-0.1, -0.05) is 65.7 Å². The molecule has 5 rings (SSSR count). The molecule has 1 aliphatic rings. The fourth-order valence-electron chi connectivity index (χ4n) is 4.33. The number of nitrogens with one attached hydrogen (secondary N) is 3. The van der Waals surface area contributed by atoms with E-state index in [1.54, 1.807) is 71.4 Å². The van der Waals surface area contributed by atoms with E-state index in [1.807, 2.05) is 12.1 Å². The number of halogens is 2. The van der Waals surface area contributed by atoms with Gasteiger partial charge in [0.15, 0.2) is 0 Å². The Balaban J connectivity index is 1.23. The summed E-state index contributed by atoms with van der Waals surface area (Å²) in [5, 5.41) is 12.5. The number of carbonyl (C=O) groups excluding carboxylic acids is 2. The van der Waals surface area contributed by atoms with Crippen molar-refractivity contribution in [2.45, 2.75) is 18.9 Å². The summed E-state index contributed by atoms with van der Waals surface area (Å²) in [5.74, 6) is -0.175. The quantitative estimate of drug-likeness (QED) is 0.186. The molecule has 0 aliphatic carbocycles. The van der Waals surface area contributed by atoms with Gasteiger partial charge in [-0.15, -0.1) is 0 Å². The number of carbonyl (C=O) groups is 2. The number of hydrogen-bond donors (Lipinski definition) is 3. The summed E-state index contributed by atoms with van der Waals surface area (Å²) in [7, 11) is -3.77. The van der Waals surface area contributed by atoms with Gasteiger partial charge in [0.2, 0.25) is 0 Å². The highest BCUT2D eigenvalue weighted by Gasteiger charge is 2.40. The van der Waals surface area contributed by atoms with Crippen LogP contribution < -0.4 is 19.7 Å².